The Bertz CT molecular complexity index is 75.8. The molecule has 2 fully saturated rings. The third-order valence-corrected chi connectivity index (χ3v) is 2.26. The largest absolute Gasteiger partial charge is 0.367 e. The molecule has 7 heavy (non-hydrogen) atoms. The molecule has 0 amide bonds. The number of hydrogen-bond acceptors (Lipinski definition) is 2. The molecular weight excluding hydrogens is 111 g/mol. The summed E-state index contributed by atoms with van der Waals surface area (Å²) < 4.78 is 10.3. The number of hydrogen-bond donors (Lipinski definition) is 0. The zero-order valence-corrected chi connectivity index (χ0v) is 4.89. The van der Waals surface area contributed by atoms with Gasteiger partial charge in [0.2, 0.25) is 0 Å². The lowest BCUT2D eigenvalue weighted by molar-refractivity contribution is 0.294. The van der Waals surface area contributed by atoms with Crippen LogP contribution in [0.4, 0.5) is 0 Å². The van der Waals surface area contributed by atoms with Crippen LogP contribution < -0.4 is 0 Å². The molecule has 0 spiro atoms. The summed E-state index contributed by atoms with van der Waals surface area (Å²) in [6.45, 7) is 0.850. The first-order valence-electron chi connectivity index (χ1n) is 2.47. The molecule has 0 aliphatic carbocycles. The van der Waals surface area contributed by atoms with Crippen LogP contribution in [0.3, 0.4) is 0 Å². The van der Waals surface area contributed by atoms with Crippen molar-refractivity contribution in [3.05, 3.63) is 0 Å². The molecule has 2 rings (SSSR count). The Labute approximate surface area is 44.1 Å². The Morgan fingerprint density at radius 3 is 3.00 bits per heavy atom. The fourth-order valence-electron chi connectivity index (χ4n) is 0.787. The van der Waals surface area contributed by atoms with Gasteiger partial charge in [-0.15, -0.1) is 0 Å². The summed E-state index contributed by atoms with van der Waals surface area (Å²) >= 11 is 0. The molecule has 3 atom stereocenters. The number of rotatable bonds is 0. The van der Waals surface area contributed by atoms with Crippen LogP contribution in [-0.2, 0) is 9.26 Å². The summed E-state index contributed by atoms with van der Waals surface area (Å²) in [4.78, 5) is 0. The average Bonchev–Trinajstić information content (AvgIpc) is 2.41. The Morgan fingerprint density at radius 2 is 2.43 bits per heavy atom. The number of fused-ring (bicyclic) bond motifs is 1. The minimum Gasteiger partial charge on any atom is -0.367 e. The summed E-state index contributed by atoms with van der Waals surface area (Å²) in [7, 11) is 0.699. The molecule has 0 aromatic heterocycles. The van der Waals surface area contributed by atoms with Crippen LogP contribution in [0.15, 0.2) is 0 Å². The van der Waals surface area contributed by atoms with Crippen molar-refractivity contribution >= 4 is 8.81 Å². The van der Waals surface area contributed by atoms with Gasteiger partial charge in [0.15, 0.2) is 0 Å². The maximum absolute atomic E-state index is 5.16. The summed E-state index contributed by atoms with van der Waals surface area (Å²) in [5.41, 5.74) is 0. The van der Waals surface area contributed by atoms with Gasteiger partial charge in [0.25, 0.3) is 0 Å². The van der Waals surface area contributed by atoms with Crippen molar-refractivity contribution in [1.29, 1.82) is 0 Å². The lowest BCUT2D eigenvalue weighted by Crippen LogP contribution is -2.07. The molecule has 0 radical (unpaired) electrons. The maximum Gasteiger partial charge on any atom is 0.108 e. The minimum atomic E-state index is 0.487. The highest BCUT2D eigenvalue weighted by molar-refractivity contribution is 7.32. The van der Waals surface area contributed by atoms with Crippen molar-refractivity contribution in [3.63, 3.8) is 0 Å². The van der Waals surface area contributed by atoms with E-state index in [1.807, 2.05) is 0 Å². The van der Waals surface area contributed by atoms with Gasteiger partial charge in [-0.05, 0) is 0 Å². The Hall–Kier alpha value is 0.350. The van der Waals surface area contributed by atoms with Crippen LogP contribution in [0.5, 0.6) is 0 Å². The predicted molar refractivity (Wildman–Crippen MR) is 27.8 cm³/mol. The van der Waals surface area contributed by atoms with Gasteiger partial charge in [0.1, 0.15) is 6.10 Å². The van der Waals surface area contributed by atoms with Gasteiger partial charge in [-0.1, -0.05) is 0 Å². The topological polar surface area (TPSA) is 21.8 Å². The smallest absolute Gasteiger partial charge is 0.108 e. The van der Waals surface area contributed by atoms with Crippen LogP contribution in [0.25, 0.3) is 0 Å². The van der Waals surface area contributed by atoms with Gasteiger partial charge in [0.05, 0.1) is 12.7 Å². The maximum atomic E-state index is 5.16. The second-order valence-corrected chi connectivity index (χ2v) is 2.86. The van der Waals surface area contributed by atoms with Gasteiger partial charge in [-0.2, -0.15) is 0 Å². The quantitative estimate of drug-likeness (QED) is 0.338. The van der Waals surface area contributed by atoms with Gasteiger partial charge >= 0.3 is 0 Å². The lowest BCUT2D eigenvalue weighted by atomic mass is 10.4. The van der Waals surface area contributed by atoms with Crippen molar-refractivity contribution in [2.24, 2.45) is 0 Å². The molecule has 2 aliphatic rings. The lowest BCUT2D eigenvalue weighted by Gasteiger charge is -2.03. The monoisotopic (exact) mass is 118 g/mol. The number of ether oxygens (including phenoxy) is 1. The van der Waals surface area contributed by atoms with E-state index in [4.69, 9.17) is 9.26 Å². The highest BCUT2D eigenvalue weighted by atomic mass is 31.1. The summed E-state index contributed by atoms with van der Waals surface area (Å²) in [6, 6.07) is 0. The van der Waals surface area contributed by atoms with Crippen LogP contribution in [0.2, 0.25) is 0 Å². The highest BCUT2D eigenvalue weighted by Crippen LogP contribution is 2.35. The third-order valence-electron chi connectivity index (χ3n) is 1.32. The van der Waals surface area contributed by atoms with Crippen molar-refractivity contribution < 1.29 is 9.26 Å². The van der Waals surface area contributed by atoms with Gasteiger partial charge < -0.3 is 9.26 Å². The molecule has 0 aromatic carbocycles. The van der Waals surface area contributed by atoms with Crippen molar-refractivity contribution in [2.75, 3.05) is 12.8 Å². The zero-order valence-electron chi connectivity index (χ0n) is 3.89. The van der Waals surface area contributed by atoms with E-state index in [9.17, 15) is 0 Å². The SMILES string of the molecule is C1OPC[C@H]2O[C@@H]12. The van der Waals surface area contributed by atoms with Gasteiger partial charge in [-0.3, -0.25) is 0 Å². The normalized spacial score (nSPS) is 51.4. The number of epoxide rings is 1. The molecular formula is C4H7O2P. The third kappa shape index (κ3) is 0.674. The van der Waals surface area contributed by atoms with Crippen molar-refractivity contribution in [3.8, 4) is 0 Å². The second-order valence-electron chi connectivity index (χ2n) is 1.87. The predicted octanol–water partition coefficient (Wildman–Crippen LogP) is 0.377. The van der Waals surface area contributed by atoms with Crippen LogP contribution in [0, 0.1) is 0 Å². The Morgan fingerprint density at radius 1 is 1.43 bits per heavy atom. The molecule has 2 nitrogen and oxygen atoms in total. The molecule has 2 aliphatic heterocycles. The molecule has 40 valence electrons. The molecule has 3 heteroatoms. The first kappa shape index (κ1) is 4.25. The highest BCUT2D eigenvalue weighted by Gasteiger charge is 2.41. The van der Waals surface area contributed by atoms with E-state index in [1.54, 1.807) is 0 Å². The summed E-state index contributed by atoms with van der Waals surface area (Å²) in [5, 5.41) is 0. The molecule has 0 bridgehead atoms. The van der Waals surface area contributed by atoms with E-state index >= 15 is 0 Å². The zero-order chi connectivity index (χ0) is 4.69. The molecule has 0 N–H and O–H groups in total. The van der Waals surface area contributed by atoms with Crippen LogP contribution in [0.1, 0.15) is 0 Å². The fourth-order valence-corrected chi connectivity index (χ4v) is 1.71. The first-order chi connectivity index (χ1) is 3.47. The minimum absolute atomic E-state index is 0.487. The summed E-state index contributed by atoms with van der Waals surface area (Å²) in [5.74, 6) is 0. The first-order valence-corrected chi connectivity index (χ1v) is 3.58. The van der Waals surface area contributed by atoms with Gasteiger partial charge in [0, 0.05) is 15.0 Å². The summed E-state index contributed by atoms with van der Waals surface area (Å²) in [6.07, 6.45) is 2.22. The van der Waals surface area contributed by atoms with E-state index in [0.717, 1.165) is 12.8 Å². The molecule has 0 saturated carbocycles. The van der Waals surface area contributed by atoms with E-state index in [0.29, 0.717) is 21.0 Å². The van der Waals surface area contributed by atoms with E-state index in [1.165, 1.54) is 0 Å². The molecule has 0 aromatic rings. The van der Waals surface area contributed by atoms with Crippen LogP contribution >= 0.6 is 8.81 Å². The van der Waals surface area contributed by atoms with Crippen molar-refractivity contribution in [1.82, 2.24) is 0 Å². The Balaban J connectivity index is 1.95. The van der Waals surface area contributed by atoms with E-state index in [2.05, 4.69) is 0 Å². The van der Waals surface area contributed by atoms with E-state index < -0.39 is 0 Å². The second kappa shape index (κ2) is 1.41. The molecule has 2 heterocycles. The van der Waals surface area contributed by atoms with Crippen molar-refractivity contribution in [2.45, 2.75) is 12.2 Å². The van der Waals surface area contributed by atoms with Gasteiger partial charge in [-0.25, -0.2) is 0 Å². The fraction of sp³-hybridized carbons (Fsp3) is 1.00. The average molecular weight is 118 g/mol. The molecule has 1 unspecified atom stereocenters. The standard InChI is InChI=1S/C4H7O2P/c1-3-4(6-3)2-7-5-1/h3-4,7H,1-2H2/t3-,4+/m0/s1. The van der Waals surface area contributed by atoms with Crippen LogP contribution in [-0.4, -0.2) is 25.0 Å². The molecule has 2 saturated heterocycles. The Kier molecular flexibility index (Phi) is 0.857. The van der Waals surface area contributed by atoms with E-state index in [-0.39, 0.29) is 0 Å².